The van der Waals surface area contributed by atoms with Crippen molar-refractivity contribution in [1.82, 2.24) is 19.7 Å². The minimum Gasteiger partial charge on any atom is -0.482 e. The Hall–Kier alpha value is -2.19. The second-order valence-electron chi connectivity index (χ2n) is 8.45. The predicted molar refractivity (Wildman–Crippen MR) is 120 cm³/mol. The molecule has 1 aliphatic carbocycles. The van der Waals surface area contributed by atoms with E-state index in [-0.39, 0.29) is 18.0 Å². The Labute approximate surface area is 195 Å². The van der Waals surface area contributed by atoms with Gasteiger partial charge in [0.2, 0.25) is 0 Å². The molecular weight excluding hydrogens is 454 g/mol. The fourth-order valence-corrected chi connectivity index (χ4v) is 5.28. The van der Waals surface area contributed by atoms with Crippen molar-refractivity contribution in [3.8, 4) is 11.4 Å². The maximum atomic E-state index is 14.7. The highest BCUT2D eigenvalue weighted by Gasteiger charge is 2.42. The summed E-state index contributed by atoms with van der Waals surface area (Å²) in [5.74, 6) is 1.69. The van der Waals surface area contributed by atoms with Gasteiger partial charge in [-0.3, -0.25) is 9.47 Å². The highest BCUT2D eigenvalue weighted by Crippen LogP contribution is 2.43. The smallest absolute Gasteiger partial charge is 0.140 e. The first-order chi connectivity index (χ1) is 15.3. The van der Waals surface area contributed by atoms with Crippen LogP contribution in [0.1, 0.15) is 35.3 Å². The van der Waals surface area contributed by atoms with E-state index < -0.39 is 6.10 Å². The van der Waals surface area contributed by atoms with Crippen LogP contribution in [-0.4, -0.2) is 50.0 Å². The molecule has 1 aromatic heterocycles. The molecule has 1 aliphatic heterocycles. The van der Waals surface area contributed by atoms with Gasteiger partial charge in [0.15, 0.2) is 0 Å². The van der Waals surface area contributed by atoms with E-state index >= 15 is 0 Å². The van der Waals surface area contributed by atoms with E-state index in [0.29, 0.717) is 40.7 Å². The van der Waals surface area contributed by atoms with E-state index in [0.717, 1.165) is 29.4 Å². The average Bonchev–Trinajstić information content (AvgIpc) is 3.41. The number of nitrogens with zero attached hydrogens (tertiary/aromatic N) is 4. The van der Waals surface area contributed by atoms with Gasteiger partial charge >= 0.3 is 0 Å². The number of halogens is 3. The van der Waals surface area contributed by atoms with Crippen molar-refractivity contribution in [2.24, 2.45) is 0 Å². The monoisotopic (exact) mass is 476 g/mol. The van der Waals surface area contributed by atoms with Gasteiger partial charge in [-0.25, -0.2) is 4.39 Å². The number of rotatable bonds is 4. The standard InChI is InChI=1S/C23H23Cl2FN4O2/c1-12-27-28-13(2)30(12)15-3-4-22(19(25)9-15)32-23-18-7-14(24)8-20(26)17(18)10-21(23)29-6-5-16(31)11-29/h3-4,7-9,16,21,23,31H,5-6,10-11H2,1-2H3/t16-,21+,23+/m1/s1. The number of aliphatic hydroxyl groups is 1. The summed E-state index contributed by atoms with van der Waals surface area (Å²) in [6.07, 6.45) is 0.344. The summed E-state index contributed by atoms with van der Waals surface area (Å²) in [7, 11) is 0. The van der Waals surface area contributed by atoms with E-state index in [2.05, 4.69) is 15.1 Å². The molecule has 168 valence electrons. The van der Waals surface area contributed by atoms with Gasteiger partial charge in [-0.15, -0.1) is 10.2 Å². The fourth-order valence-electron chi connectivity index (χ4n) is 4.85. The third-order valence-corrected chi connectivity index (χ3v) is 6.86. The van der Waals surface area contributed by atoms with Crippen LogP contribution in [0.3, 0.4) is 0 Å². The van der Waals surface area contributed by atoms with Crippen LogP contribution < -0.4 is 4.74 Å². The van der Waals surface area contributed by atoms with Gasteiger partial charge in [0.05, 0.1) is 22.9 Å². The average molecular weight is 477 g/mol. The first kappa shape index (κ1) is 21.6. The zero-order valence-corrected chi connectivity index (χ0v) is 19.2. The fraction of sp³-hybridized carbons (Fsp3) is 0.391. The number of β-amino-alcohol motifs (C(OH)–C–C–N with tert-alkyl or cyclic N) is 1. The Morgan fingerprint density at radius 1 is 1.12 bits per heavy atom. The highest BCUT2D eigenvalue weighted by atomic mass is 35.5. The Kier molecular flexibility index (Phi) is 5.61. The maximum absolute atomic E-state index is 14.7. The summed E-state index contributed by atoms with van der Waals surface area (Å²) in [5, 5.41) is 19.0. The molecule has 0 spiro atoms. The third-order valence-electron chi connectivity index (χ3n) is 6.34. The lowest BCUT2D eigenvalue weighted by molar-refractivity contribution is 0.0818. The molecule has 1 N–H and O–H groups in total. The quantitative estimate of drug-likeness (QED) is 0.602. The second-order valence-corrected chi connectivity index (χ2v) is 9.29. The number of ether oxygens (including phenoxy) is 1. The molecule has 2 aliphatic rings. The highest BCUT2D eigenvalue weighted by molar-refractivity contribution is 6.32. The summed E-state index contributed by atoms with van der Waals surface area (Å²) < 4.78 is 23.0. The zero-order chi connectivity index (χ0) is 22.6. The van der Waals surface area contributed by atoms with Crippen LogP contribution in [0, 0.1) is 19.7 Å². The maximum Gasteiger partial charge on any atom is 0.140 e. The molecular formula is C23H23Cl2FN4O2. The normalized spacial score (nSPS) is 23.0. The Balaban J connectivity index is 1.50. The van der Waals surface area contributed by atoms with Crippen LogP contribution in [0.25, 0.3) is 5.69 Å². The molecule has 0 amide bonds. The largest absolute Gasteiger partial charge is 0.482 e. The Morgan fingerprint density at radius 2 is 1.88 bits per heavy atom. The van der Waals surface area contributed by atoms with Crippen molar-refractivity contribution in [1.29, 1.82) is 0 Å². The molecule has 5 rings (SSSR count). The molecule has 2 aromatic carbocycles. The zero-order valence-electron chi connectivity index (χ0n) is 17.7. The minimum atomic E-state index is -0.453. The first-order valence-electron chi connectivity index (χ1n) is 10.6. The van der Waals surface area contributed by atoms with E-state index in [1.807, 2.05) is 36.6 Å². The summed E-state index contributed by atoms with van der Waals surface area (Å²) in [4.78, 5) is 2.16. The van der Waals surface area contributed by atoms with Crippen molar-refractivity contribution in [2.45, 2.75) is 44.9 Å². The Morgan fingerprint density at radius 3 is 2.53 bits per heavy atom. The summed E-state index contributed by atoms with van der Waals surface area (Å²) >= 11 is 12.8. The van der Waals surface area contributed by atoms with Crippen LogP contribution in [0.2, 0.25) is 10.0 Å². The van der Waals surface area contributed by atoms with Crippen LogP contribution in [0.15, 0.2) is 30.3 Å². The molecule has 32 heavy (non-hydrogen) atoms. The van der Waals surface area contributed by atoms with Gasteiger partial charge in [-0.1, -0.05) is 23.2 Å². The molecule has 1 saturated heterocycles. The van der Waals surface area contributed by atoms with E-state index in [4.69, 9.17) is 27.9 Å². The molecule has 3 atom stereocenters. The SMILES string of the molecule is Cc1nnc(C)n1-c1ccc(O[C@H]2c3cc(Cl)cc(F)c3C[C@@H]2N2CC[C@@H](O)C2)c(Cl)c1. The molecule has 0 bridgehead atoms. The number of benzene rings is 2. The lowest BCUT2D eigenvalue weighted by atomic mass is 10.1. The molecule has 0 radical (unpaired) electrons. The number of likely N-dealkylation sites (tertiary alicyclic amines) is 1. The second kappa shape index (κ2) is 8.30. The van der Waals surface area contributed by atoms with Crippen LogP contribution >= 0.6 is 23.2 Å². The molecule has 3 aromatic rings. The molecule has 0 saturated carbocycles. The van der Waals surface area contributed by atoms with Gasteiger partial charge in [0, 0.05) is 23.7 Å². The topological polar surface area (TPSA) is 63.4 Å². The van der Waals surface area contributed by atoms with Gasteiger partial charge in [0.1, 0.15) is 29.3 Å². The van der Waals surface area contributed by atoms with Crippen molar-refractivity contribution >= 4 is 23.2 Å². The van der Waals surface area contributed by atoms with Crippen molar-refractivity contribution < 1.29 is 14.2 Å². The summed E-state index contributed by atoms with van der Waals surface area (Å²) in [6.45, 7) is 5.02. The first-order valence-corrected chi connectivity index (χ1v) is 11.3. The number of hydrogen-bond donors (Lipinski definition) is 1. The van der Waals surface area contributed by atoms with Gasteiger partial charge in [-0.05, 0) is 62.6 Å². The summed E-state index contributed by atoms with van der Waals surface area (Å²) in [5.41, 5.74) is 2.17. The number of aryl methyl sites for hydroxylation is 2. The van der Waals surface area contributed by atoms with Gasteiger partial charge in [0.25, 0.3) is 0 Å². The van der Waals surface area contributed by atoms with E-state index in [9.17, 15) is 9.50 Å². The molecule has 2 heterocycles. The van der Waals surface area contributed by atoms with Crippen molar-refractivity contribution in [3.05, 3.63) is 69.0 Å². The van der Waals surface area contributed by atoms with Gasteiger partial charge < -0.3 is 9.84 Å². The van der Waals surface area contributed by atoms with Crippen LogP contribution in [-0.2, 0) is 6.42 Å². The van der Waals surface area contributed by atoms with Crippen molar-refractivity contribution in [3.63, 3.8) is 0 Å². The van der Waals surface area contributed by atoms with Gasteiger partial charge in [-0.2, -0.15) is 0 Å². The van der Waals surface area contributed by atoms with E-state index in [1.165, 1.54) is 6.07 Å². The lowest BCUT2D eigenvalue weighted by Gasteiger charge is -2.30. The minimum absolute atomic E-state index is 0.117. The Bertz CT molecular complexity index is 1170. The van der Waals surface area contributed by atoms with E-state index in [1.54, 1.807) is 6.07 Å². The molecule has 1 fully saturated rings. The van der Waals surface area contributed by atoms with Crippen LogP contribution in [0.4, 0.5) is 4.39 Å². The third kappa shape index (κ3) is 3.77. The molecule has 9 heteroatoms. The van der Waals surface area contributed by atoms with Crippen LogP contribution in [0.5, 0.6) is 5.75 Å². The molecule has 0 unspecified atom stereocenters. The lowest BCUT2D eigenvalue weighted by Crippen LogP contribution is -2.39. The molecule has 6 nitrogen and oxygen atoms in total. The predicted octanol–water partition coefficient (Wildman–Crippen LogP) is 4.44. The number of hydrogen-bond acceptors (Lipinski definition) is 5. The number of fused-ring (bicyclic) bond motifs is 1. The summed E-state index contributed by atoms with van der Waals surface area (Å²) in [6, 6.07) is 8.50. The number of aromatic nitrogens is 3. The van der Waals surface area contributed by atoms with Crippen molar-refractivity contribution in [2.75, 3.05) is 13.1 Å². The number of aliphatic hydroxyl groups excluding tert-OH is 1.